The number of rotatable bonds is 4. The second-order valence-electron chi connectivity index (χ2n) is 6.09. The summed E-state index contributed by atoms with van der Waals surface area (Å²) in [5.41, 5.74) is -0.534. The minimum atomic E-state index is -0.534. The van der Waals surface area contributed by atoms with Crippen molar-refractivity contribution in [3.05, 3.63) is 18.5 Å². The molecule has 1 aromatic rings. The average Bonchev–Trinajstić information content (AvgIpc) is 3.11. The lowest BCUT2D eigenvalue weighted by atomic mass is 9.86. The summed E-state index contributed by atoms with van der Waals surface area (Å²) in [5, 5.41) is 16.7. The lowest BCUT2D eigenvalue weighted by Gasteiger charge is -2.43. The number of carbonyl (C=O) groups is 1. The molecule has 1 amide bonds. The van der Waals surface area contributed by atoms with Gasteiger partial charge >= 0.3 is 0 Å². The van der Waals surface area contributed by atoms with Gasteiger partial charge in [0.05, 0.1) is 6.61 Å². The second kappa shape index (κ2) is 6.76. The van der Waals surface area contributed by atoms with E-state index in [-0.39, 0.29) is 12.5 Å². The van der Waals surface area contributed by atoms with E-state index < -0.39 is 5.54 Å². The number of aliphatic hydroxyl groups is 1. The molecule has 2 aliphatic rings. The Balaban J connectivity index is 1.73. The molecule has 0 spiro atoms. The van der Waals surface area contributed by atoms with Crippen molar-refractivity contribution in [2.75, 3.05) is 52.4 Å². The number of aromatic nitrogens is 2. The number of piperidine rings is 1. The molecule has 2 N–H and O–H groups in total. The molecule has 3 rings (SSSR count). The van der Waals surface area contributed by atoms with Crippen LogP contribution in [0.3, 0.4) is 0 Å². The van der Waals surface area contributed by atoms with Gasteiger partial charge < -0.3 is 15.3 Å². The van der Waals surface area contributed by atoms with Gasteiger partial charge in [-0.3, -0.25) is 14.4 Å². The fourth-order valence-corrected chi connectivity index (χ4v) is 3.51. The SMILES string of the molecule is O=C(N1CCN(CCO)CC1)C1(n2cccn2)CCNCC1. The van der Waals surface area contributed by atoms with Gasteiger partial charge in [0.25, 0.3) is 5.91 Å². The van der Waals surface area contributed by atoms with Crippen molar-refractivity contribution in [1.29, 1.82) is 0 Å². The summed E-state index contributed by atoms with van der Waals surface area (Å²) in [5.74, 6) is 0.196. The zero-order valence-electron chi connectivity index (χ0n) is 12.9. The van der Waals surface area contributed by atoms with Crippen LogP contribution in [0.25, 0.3) is 0 Å². The fraction of sp³-hybridized carbons (Fsp3) is 0.733. The Morgan fingerprint density at radius 1 is 1.23 bits per heavy atom. The Hall–Kier alpha value is -1.44. The maximum atomic E-state index is 13.2. The highest BCUT2D eigenvalue weighted by Gasteiger charge is 2.44. The Bertz CT molecular complexity index is 476. The molecular weight excluding hydrogens is 282 g/mol. The molecule has 122 valence electrons. The first-order chi connectivity index (χ1) is 10.8. The molecule has 7 nitrogen and oxygen atoms in total. The number of hydrogen-bond acceptors (Lipinski definition) is 5. The quantitative estimate of drug-likeness (QED) is 0.754. The number of nitrogens with one attached hydrogen (secondary N) is 1. The molecule has 0 aromatic carbocycles. The van der Waals surface area contributed by atoms with Crippen LogP contribution in [0.4, 0.5) is 0 Å². The molecule has 2 saturated heterocycles. The van der Waals surface area contributed by atoms with E-state index in [2.05, 4.69) is 15.3 Å². The Morgan fingerprint density at radius 2 is 1.95 bits per heavy atom. The van der Waals surface area contributed by atoms with Crippen LogP contribution in [-0.4, -0.2) is 83.0 Å². The van der Waals surface area contributed by atoms with Crippen LogP contribution >= 0.6 is 0 Å². The van der Waals surface area contributed by atoms with E-state index in [9.17, 15) is 4.79 Å². The molecule has 0 atom stereocenters. The van der Waals surface area contributed by atoms with Crippen LogP contribution in [0.5, 0.6) is 0 Å². The normalized spacial score (nSPS) is 22.7. The van der Waals surface area contributed by atoms with Gasteiger partial charge in [-0.2, -0.15) is 5.10 Å². The van der Waals surface area contributed by atoms with Crippen molar-refractivity contribution >= 4 is 5.91 Å². The number of aliphatic hydroxyl groups excluding tert-OH is 1. The van der Waals surface area contributed by atoms with Crippen molar-refractivity contribution in [1.82, 2.24) is 24.9 Å². The van der Waals surface area contributed by atoms with Crippen LogP contribution in [-0.2, 0) is 10.3 Å². The van der Waals surface area contributed by atoms with E-state index in [0.717, 1.165) is 52.1 Å². The first-order valence-electron chi connectivity index (χ1n) is 8.10. The topological polar surface area (TPSA) is 73.6 Å². The largest absolute Gasteiger partial charge is 0.395 e. The molecule has 0 bridgehead atoms. The highest BCUT2D eigenvalue weighted by atomic mass is 16.3. The summed E-state index contributed by atoms with van der Waals surface area (Å²) < 4.78 is 1.86. The van der Waals surface area contributed by atoms with Gasteiger partial charge in [0.15, 0.2) is 0 Å². The minimum Gasteiger partial charge on any atom is -0.395 e. The number of piperazine rings is 1. The number of amides is 1. The van der Waals surface area contributed by atoms with Gasteiger partial charge in [0, 0.05) is 45.1 Å². The first kappa shape index (κ1) is 15.5. The first-order valence-corrected chi connectivity index (χ1v) is 8.10. The summed E-state index contributed by atoms with van der Waals surface area (Å²) in [6.07, 6.45) is 5.22. The molecule has 22 heavy (non-hydrogen) atoms. The molecule has 2 fully saturated rings. The predicted octanol–water partition coefficient (Wildman–Crippen LogP) is -0.902. The summed E-state index contributed by atoms with van der Waals surface area (Å²) in [6, 6.07) is 1.89. The van der Waals surface area contributed by atoms with E-state index in [0.29, 0.717) is 6.54 Å². The van der Waals surface area contributed by atoms with Crippen molar-refractivity contribution in [2.45, 2.75) is 18.4 Å². The van der Waals surface area contributed by atoms with Crippen LogP contribution in [0, 0.1) is 0 Å². The molecule has 3 heterocycles. The summed E-state index contributed by atoms with van der Waals surface area (Å²) in [6.45, 7) is 5.68. The maximum Gasteiger partial charge on any atom is 0.250 e. The third kappa shape index (κ3) is 2.88. The summed E-state index contributed by atoms with van der Waals surface area (Å²) in [7, 11) is 0. The number of carbonyl (C=O) groups excluding carboxylic acids is 1. The van der Waals surface area contributed by atoms with Gasteiger partial charge in [0.1, 0.15) is 5.54 Å². The monoisotopic (exact) mass is 307 g/mol. The van der Waals surface area contributed by atoms with Crippen molar-refractivity contribution in [2.24, 2.45) is 0 Å². The van der Waals surface area contributed by atoms with Crippen LogP contribution < -0.4 is 5.32 Å². The lowest BCUT2D eigenvalue weighted by molar-refractivity contribution is -0.145. The number of nitrogens with zero attached hydrogens (tertiary/aromatic N) is 4. The molecular formula is C15H25N5O2. The van der Waals surface area contributed by atoms with Crippen molar-refractivity contribution in [3.8, 4) is 0 Å². The predicted molar refractivity (Wildman–Crippen MR) is 82.4 cm³/mol. The standard InChI is InChI=1S/C15H25N5O2/c21-13-12-18-8-10-19(11-9-18)14(22)15(2-5-16-6-3-15)20-7-1-4-17-20/h1,4,7,16,21H,2-3,5-6,8-13H2. The van der Waals surface area contributed by atoms with Crippen molar-refractivity contribution < 1.29 is 9.90 Å². The highest BCUT2D eigenvalue weighted by molar-refractivity contribution is 5.84. The van der Waals surface area contributed by atoms with Crippen molar-refractivity contribution in [3.63, 3.8) is 0 Å². The van der Waals surface area contributed by atoms with E-state index in [4.69, 9.17) is 5.11 Å². The van der Waals surface area contributed by atoms with E-state index in [1.54, 1.807) is 6.20 Å². The van der Waals surface area contributed by atoms with E-state index >= 15 is 0 Å². The Morgan fingerprint density at radius 3 is 2.55 bits per heavy atom. The van der Waals surface area contributed by atoms with Gasteiger partial charge in [-0.25, -0.2) is 0 Å². The van der Waals surface area contributed by atoms with Gasteiger partial charge in [0.2, 0.25) is 0 Å². The minimum absolute atomic E-state index is 0.177. The van der Waals surface area contributed by atoms with Gasteiger partial charge in [-0.1, -0.05) is 0 Å². The zero-order valence-corrected chi connectivity index (χ0v) is 12.9. The molecule has 0 saturated carbocycles. The third-order valence-electron chi connectivity index (χ3n) is 4.85. The second-order valence-corrected chi connectivity index (χ2v) is 6.09. The molecule has 1 aromatic heterocycles. The molecule has 0 unspecified atom stereocenters. The van der Waals surface area contributed by atoms with Crippen LogP contribution in [0.15, 0.2) is 18.5 Å². The number of hydrogen-bond donors (Lipinski definition) is 2. The average molecular weight is 307 g/mol. The van der Waals surface area contributed by atoms with Gasteiger partial charge in [-0.05, 0) is 32.0 Å². The van der Waals surface area contributed by atoms with Gasteiger partial charge in [-0.15, -0.1) is 0 Å². The Labute approximate surface area is 130 Å². The van der Waals surface area contributed by atoms with Crippen LogP contribution in [0.2, 0.25) is 0 Å². The zero-order chi connectivity index (χ0) is 15.4. The molecule has 7 heteroatoms. The summed E-state index contributed by atoms with van der Waals surface area (Å²) >= 11 is 0. The summed E-state index contributed by atoms with van der Waals surface area (Å²) in [4.78, 5) is 17.4. The fourth-order valence-electron chi connectivity index (χ4n) is 3.51. The van der Waals surface area contributed by atoms with E-state index in [1.807, 2.05) is 21.8 Å². The lowest BCUT2D eigenvalue weighted by Crippen LogP contribution is -2.59. The highest BCUT2D eigenvalue weighted by Crippen LogP contribution is 2.29. The molecule has 2 aliphatic heterocycles. The Kier molecular flexibility index (Phi) is 4.75. The van der Waals surface area contributed by atoms with Crippen LogP contribution in [0.1, 0.15) is 12.8 Å². The number of β-amino-alcohol motifs (C(OH)–C–C–N with tert-alkyl or cyclic N) is 1. The molecule has 0 aliphatic carbocycles. The molecule has 0 radical (unpaired) electrons. The smallest absolute Gasteiger partial charge is 0.250 e. The van der Waals surface area contributed by atoms with E-state index in [1.165, 1.54) is 0 Å². The third-order valence-corrected chi connectivity index (χ3v) is 4.85. The maximum absolute atomic E-state index is 13.2.